The van der Waals surface area contributed by atoms with E-state index in [0.717, 1.165) is 10.4 Å². The number of benzene rings is 2. The summed E-state index contributed by atoms with van der Waals surface area (Å²) in [4.78, 5) is 25.4. The molecule has 0 bridgehead atoms. The third kappa shape index (κ3) is 2.74. The first-order chi connectivity index (χ1) is 11.7. The van der Waals surface area contributed by atoms with Crippen molar-refractivity contribution in [2.45, 2.75) is 13.8 Å². The van der Waals surface area contributed by atoms with Gasteiger partial charge in [-0.1, -0.05) is 12.1 Å². The summed E-state index contributed by atoms with van der Waals surface area (Å²) in [6, 6.07) is 8.88. The van der Waals surface area contributed by atoms with Crippen LogP contribution < -0.4 is 10.2 Å². The Labute approximate surface area is 140 Å². The molecule has 0 saturated heterocycles. The van der Waals surface area contributed by atoms with Gasteiger partial charge < -0.3 is 9.47 Å². The van der Waals surface area contributed by atoms with E-state index < -0.39 is 0 Å². The summed E-state index contributed by atoms with van der Waals surface area (Å²) in [7, 11) is 0. The van der Waals surface area contributed by atoms with Gasteiger partial charge in [-0.25, -0.2) is 10.4 Å². The lowest BCUT2D eigenvalue weighted by Gasteiger charge is -2.27. The molecule has 0 spiro atoms. The molecule has 0 unspecified atom stereocenters. The van der Waals surface area contributed by atoms with Crippen LogP contribution in [-0.2, 0) is 4.74 Å². The fourth-order valence-electron chi connectivity index (χ4n) is 2.87. The summed E-state index contributed by atoms with van der Waals surface area (Å²) in [6.07, 6.45) is 0. The fourth-order valence-corrected chi connectivity index (χ4v) is 2.87. The zero-order valence-electron chi connectivity index (χ0n) is 13.8. The van der Waals surface area contributed by atoms with Gasteiger partial charge in [0.1, 0.15) is 5.75 Å². The smallest absolute Gasteiger partial charge is 0.275 e. The van der Waals surface area contributed by atoms with Crippen molar-refractivity contribution in [3.8, 4) is 5.75 Å². The molecule has 0 fully saturated rings. The second-order valence-electron chi connectivity index (χ2n) is 5.32. The molecule has 126 valence electrons. The van der Waals surface area contributed by atoms with E-state index in [-0.39, 0.29) is 11.8 Å². The van der Waals surface area contributed by atoms with E-state index in [1.54, 1.807) is 24.3 Å². The van der Waals surface area contributed by atoms with Gasteiger partial charge >= 0.3 is 0 Å². The van der Waals surface area contributed by atoms with Crippen LogP contribution in [0.3, 0.4) is 0 Å². The summed E-state index contributed by atoms with van der Waals surface area (Å²) < 4.78 is 10.9. The Kier molecular flexibility index (Phi) is 4.78. The molecular weight excluding hydrogens is 308 g/mol. The number of nitrogens with one attached hydrogen (secondary N) is 1. The van der Waals surface area contributed by atoms with Crippen LogP contribution in [0.1, 0.15) is 34.6 Å². The predicted octanol–water partition coefficient (Wildman–Crippen LogP) is 2.38. The minimum absolute atomic E-state index is 0.358. The van der Waals surface area contributed by atoms with Crippen LogP contribution in [0, 0.1) is 0 Å². The molecule has 1 heterocycles. The van der Waals surface area contributed by atoms with Gasteiger partial charge in [-0.3, -0.25) is 9.59 Å². The Bertz CT molecular complexity index is 766. The van der Waals surface area contributed by atoms with Gasteiger partial charge in [0.15, 0.2) is 0 Å². The van der Waals surface area contributed by atoms with Crippen molar-refractivity contribution in [3.05, 3.63) is 41.5 Å². The van der Waals surface area contributed by atoms with Gasteiger partial charge in [-0.15, -0.1) is 0 Å². The second-order valence-corrected chi connectivity index (χ2v) is 5.32. The monoisotopic (exact) mass is 328 g/mol. The normalized spacial score (nSPS) is 13.7. The highest BCUT2D eigenvalue weighted by Crippen LogP contribution is 2.34. The molecule has 6 nitrogen and oxygen atoms in total. The number of hydrazine groups is 1. The van der Waals surface area contributed by atoms with Crippen molar-refractivity contribution < 1.29 is 19.1 Å². The third-order valence-electron chi connectivity index (χ3n) is 3.89. The maximum atomic E-state index is 12.7. The lowest BCUT2D eigenvalue weighted by atomic mass is 9.94. The molecule has 3 rings (SSSR count). The van der Waals surface area contributed by atoms with Gasteiger partial charge in [-0.05, 0) is 32.0 Å². The first-order valence-corrected chi connectivity index (χ1v) is 8.07. The van der Waals surface area contributed by atoms with Crippen molar-refractivity contribution in [2.75, 3.05) is 26.4 Å². The summed E-state index contributed by atoms with van der Waals surface area (Å²) in [6.45, 7) is 5.71. The summed E-state index contributed by atoms with van der Waals surface area (Å²) >= 11 is 0. The summed E-state index contributed by atoms with van der Waals surface area (Å²) in [5.74, 6) is -0.0389. The molecule has 0 radical (unpaired) electrons. The van der Waals surface area contributed by atoms with Crippen LogP contribution >= 0.6 is 0 Å². The highest BCUT2D eigenvalue weighted by atomic mass is 16.5. The molecule has 1 aliphatic rings. The number of ether oxygens (including phenoxy) is 2. The third-order valence-corrected chi connectivity index (χ3v) is 3.89. The molecule has 24 heavy (non-hydrogen) atoms. The lowest BCUT2D eigenvalue weighted by molar-refractivity contribution is 0.0489. The Balaban J connectivity index is 2.00. The summed E-state index contributed by atoms with van der Waals surface area (Å²) in [5.41, 5.74) is 3.84. The van der Waals surface area contributed by atoms with Crippen LogP contribution in [-0.4, -0.2) is 43.2 Å². The minimum atomic E-state index is -0.358. The van der Waals surface area contributed by atoms with E-state index >= 15 is 0 Å². The standard InChI is InChI=1S/C18H20N2O4/c1-3-23-11-10-19-20-17(21)13-7-5-6-12-15(24-4-2)9-8-14(16(12)13)18(20)22/h5-9,19H,3-4,10-11H2,1-2H3. The van der Waals surface area contributed by atoms with Gasteiger partial charge in [-0.2, -0.15) is 0 Å². The molecule has 2 aromatic carbocycles. The number of hydrogen-bond donors (Lipinski definition) is 1. The molecule has 1 aliphatic heterocycles. The number of rotatable bonds is 7. The van der Waals surface area contributed by atoms with Crippen molar-refractivity contribution >= 4 is 22.6 Å². The first-order valence-electron chi connectivity index (χ1n) is 8.07. The van der Waals surface area contributed by atoms with Gasteiger partial charge in [0.2, 0.25) is 0 Å². The Hall–Kier alpha value is -2.44. The number of carbonyl (C=O) groups is 2. The molecule has 2 amide bonds. The molecule has 6 heteroatoms. The molecule has 0 aromatic heterocycles. The predicted molar refractivity (Wildman–Crippen MR) is 90.1 cm³/mol. The van der Waals surface area contributed by atoms with Gasteiger partial charge in [0.05, 0.1) is 24.3 Å². The van der Waals surface area contributed by atoms with Crippen LogP contribution in [0.25, 0.3) is 10.8 Å². The molecule has 0 atom stereocenters. The number of nitrogens with zero attached hydrogens (tertiary/aromatic N) is 1. The fraction of sp³-hybridized carbons (Fsp3) is 0.333. The van der Waals surface area contributed by atoms with Gasteiger partial charge in [0, 0.05) is 23.9 Å². The lowest BCUT2D eigenvalue weighted by Crippen LogP contribution is -2.50. The van der Waals surface area contributed by atoms with Crippen molar-refractivity contribution in [2.24, 2.45) is 0 Å². The number of carbonyl (C=O) groups excluding carboxylic acids is 2. The largest absolute Gasteiger partial charge is 0.493 e. The van der Waals surface area contributed by atoms with E-state index in [1.165, 1.54) is 0 Å². The van der Waals surface area contributed by atoms with Crippen LogP contribution in [0.5, 0.6) is 5.75 Å². The van der Waals surface area contributed by atoms with Crippen molar-refractivity contribution in [1.82, 2.24) is 10.4 Å². The zero-order valence-corrected chi connectivity index (χ0v) is 13.8. The number of hydrogen-bond acceptors (Lipinski definition) is 5. The molecule has 0 saturated carbocycles. The van der Waals surface area contributed by atoms with Crippen molar-refractivity contribution in [1.29, 1.82) is 0 Å². The van der Waals surface area contributed by atoms with E-state index in [9.17, 15) is 9.59 Å². The highest BCUT2D eigenvalue weighted by molar-refractivity contribution is 6.25. The summed E-state index contributed by atoms with van der Waals surface area (Å²) in [5, 5.41) is 2.50. The molecule has 0 aliphatic carbocycles. The van der Waals surface area contributed by atoms with Gasteiger partial charge in [0.25, 0.3) is 11.8 Å². The van der Waals surface area contributed by atoms with E-state index in [4.69, 9.17) is 9.47 Å². The topological polar surface area (TPSA) is 67.9 Å². The van der Waals surface area contributed by atoms with E-state index in [2.05, 4.69) is 5.43 Å². The van der Waals surface area contributed by atoms with E-state index in [0.29, 0.717) is 48.6 Å². The number of imide groups is 1. The van der Waals surface area contributed by atoms with Crippen LogP contribution in [0.2, 0.25) is 0 Å². The Morgan fingerprint density at radius 1 is 1.00 bits per heavy atom. The average molecular weight is 328 g/mol. The van der Waals surface area contributed by atoms with Crippen molar-refractivity contribution in [3.63, 3.8) is 0 Å². The number of amides is 2. The maximum Gasteiger partial charge on any atom is 0.275 e. The molecule has 2 aromatic rings. The van der Waals surface area contributed by atoms with Crippen LogP contribution in [0.15, 0.2) is 30.3 Å². The second kappa shape index (κ2) is 6.98. The SMILES string of the molecule is CCOCCNN1C(=O)c2cccc3c(OCC)ccc(c23)C1=O. The quantitative estimate of drug-likeness (QED) is 0.624. The molecular formula is C18H20N2O4. The van der Waals surface area contributed by atoms with Crippen LogP contribution in [0.4, 0.5) is 0 Å². The Morgan fingerprint density at radius 3 is 2.46 bits per heavy atom. The zero-order chi connectivity index (χ0) is 17.1. The van der Waals surface area contributed by atoms with E-state index in [1.807, 2.05) is 19.9 Å². The average Bonchev–Trinajstić information content (AvgIpc) is 2.60. The first kappa shape index (κ1) is 16.4. The maximum absolute atomic E-state index is 12.7. The molecule has 1 N–H and O–H groups in total. The Morgan fingerprint density at radius 2 is 1.75 bits per heavy atom. The highest BCUT2D eigenvalue weighted by Gasteiger charge is 2.33. The minimum Gasteiger partial charge on any atom is -0.493 e.